The molecule has 2 amide bonds. The monoisotopic (exact) mass is 419 g/mol. The van der Waals surface area contributed by atoms with Crippen LogP contribution < -0.4 is 27.2 Å². The van der Waals surface area contributed by atoms with Crippen molar-refractivity contribution in [2.45, 2.75) is 26.7 Å². The van der Waals surface area contributed by atoms with Crippen LogP contribution in [0.15, 0.2) is 52.7 Å². The largest absolute Gasteiger partial charge is 0.369 e. The highest BCUT2D eigenvalue weighted by Crippen LogP contribution is 2.25. The van der Waals surface area contributed by atoms with Gasteiger partial charge < -0.3 is 16.4 Å². The first-order chi connectivity index (χ1) is 14.8. The number of benzene rings is 2. The summed E-state index contributed by atoms with van der Waals surface area (Å²) in [4.78, 5) is 12.4. The zero-order chi connectivity index (χ0) is 22.4. The normalized spacial score (nSPS) is 14.0. The van der Waals surface area contributed by atoms with Crippen molar-refractivity contribution >= 4 is 40.6 Å². The summed E-state index contributed by atoms with van der Waals surface area (Å²) in [5.41, 5.74) is 16.2. The van der Waals surface area contributed by atoms with Crippen LogP contribution in [0.4, 0.5) is 16.2 Å². The molecule has 0 aliphatic heterocycles. The highest BCUT2D eigenvalue weighted by atomic mass is 16.2. The van der Waals surface area contributed by atoms with Crippen molar-refractivity contribution in [1.82, 2.24) is 10.9 Å². The molecule has 0 atom stereocenters. The third-order valence-electron chi connectivity index (χ3n) is 4.57. The molecule has 3 rings (SSSR count). The summed E-state index contributed by atoms with van der Waals surface area (Å²) < 4.78 is 0. The SMILES string of the molecule is CC(=N)NN=C1CCc2cc(NC(=O)Nc3ccc(C(C)=NNC(=N)N)cc3)ccc21. The first-order valence-corrected chi connectivity index (χ1v) is 9.65. The number of carbonyl (C=O) groups is 1. The second-order valence-electron chi connectivity index (χ2n) is 7.05. The first-order valence-electron chi connectivity index (χ1n) is 9.65. The number of nitrogens with zero attached hydrogens (tertiary/aromatic N) is 2. The topological polar surface area (TPSA) is 164 Å². The van der Waals surface area contributed by atoms with E-state index in [0.717, 1.165) is 35.2 Å². The van der Waals surface area contributed by atoms with Gasteiger partial charge in [-0.3, -0.25) is 16.2 Å². The Hall–Kier alpha value is -4.21. The Morgan fingerprint density at radius 3 is 2.32 bits per heavy atom. The van der Waals surface area contributed by atoms with Crippen LogP contribution >= 0.6 is 0 Å². The Kier molecular flexibility index (Phi) is 6.61. The second kappa shape index (κ2) is 9.53. The van der Waals surface area contributed by atoms with Gasteiger partial charge in [0, 0.05) is 16.9 Å². The number of aryl methyl sites for hydroxylation is 1. The van der Waals surface area contributed by atoms with Crippen molar-refractivity contribution in [3.05, 3.63) is 59.2 Å². The number of nitrogens with one attached hydrogen (secondary N) is 6. The van der Waals surface area contributed by atoms with E-state index in [1.807, 2.05) is 30.3 Å². The van der Waals surface area contributed by atoms with Crippen molar-refractivity contribution in [3.63, 3.8) is 0 Å². The third-order valence-corrected chi connectivity index (χ3v) is 4.57. The Bertz CT molecular complexity index is 1070. The van der Waals surface area contributed by atoms with Crippen LogP contribution in [0.3, 0.4) is 0 Å². The third kappa shape index (κ3) is 5.89. The number of anilines is 2. The average molecular weight is 419 g/mol. The molecule has 0 bridgehead atoms. The Morgan fingerprint density at radius 2 is 1.65 bits per heavy atom. The molecule has 2 aromatic carbocycles. The van der Waals surface area contributed by atoms with Gasteiger partial charge in [-0.25, -0.2) is 10.2 Å². The zero-order valence-corrected chi connectivity index (χ0v) is 17.3. The lowest BCUT2D eigenvalue weighted by molar-refractivity contribution is 0.262. The number of amides is 2. The minimum absolute atomic E-state index is 0.234. The molecule has 10 heteroatoms. The standard InChI is InChI=1S/C21H25N9O/c1-12(27-30-20(23)24)14-3-6-16(7-4-14)25-21(31)26-17-8-9-18-15(11-17)5-10-19(18)29-28-13(2)22/h3-4,6-9,11H,5,10H2,1-2H3,(H2,22,28)(H4,23,24,30)(H2,25,26,31). The Labute approximate surface area is 180 Å². The Morgan fingerprint density at radius 1 is 0.968 bits per heavy atom. The van der Waals surface area contributed by atoms with Crippen molar-refractivity contribution in [2.75, 3.05) is 10.6 Å². The van der Waals surface area contributed by atoms with Gasteiger partial charge in [-0.1, -0.05) is 18.2 Å². The van der Waals surface area contributed by atoms with Gasteiger partial charge in [0.15, 0.2) is 0 Å². The molecule has 160 valence electrons. The molecule has 2 aromatic rings. The van der Waals surface area contributed by atoms with E-state index >= 15 is 0 Å². The molecule has 0 spiro atoms. The van der Waals surface area contributed by atoms with E-state index in [0.29, 0.717) is 22.9 Å². The molecule has 0 aromatic heterocycles. The summed E-state index contributed by atoms with van der Waals surface area (Å²) >= 11 is 0. The van der Waals surface area contributed by atoms with Crippen LogP contribution in [0.25, 0.3) is 0 Å². The van der Waals surface area contributed by atoms with Crippen LogP contribution in [0, 0.1) is 10.8 Å². The van der Waals surface area contributed by atoms with Crippen LogP contribution in [-0.4, -0.2) is 29.2 Å². The molecule has 1 aliphatic rings. The molecule has 0 fully saturated rings. The molecular weight excluding hydrogens is 394 g/mol. The van der Waals surface area contributed by atoms with Crippen molar-refractivity contribution < 1.29 is 4.79 Å². The lowest BCUT2D eigenvalue weighted by Crippen LogP contribution is -2.26. The maximum absolute atomic E-state index is 12.4. The summed E-state index contributed by atoms with van der Waals surface area (Å²) in [6, 6.07) is 12.5. The molecular formula is C21H25N9O. The van der Waals surface area contributed by atoms with Gasteiger partial charge in [-0.2, -0.15) is 10.2 Å². The number of hydrogen-bond acceptors (Lipinski definition) is 5. The second-order valence-corrected chi connectivity index (χ2v) is 7.05. The number of nitrogens with two attached hydrogens (primary N) is 1. The number of rotatable bonds is 5. The van der Waals surface area contributed by atoms with Gasteiger partial charge in [0.25, 0.3) is 0 Å². The molecule has 0 saturated heterocycles. The minimum atomic E-state index is -0.343. The van der Waals surface area contributed by atoms with E-state index in [-0.39, 0.29) is 12.0 Å². The summed E-state index contributed by atoms with van der Waals surface area (Å²) in [5.74, 6) is 0.0570. The van der Waals surface area contributed by atoms with Crippen molar-refractivity contribution in [3.8, 4) is 0 Å². The van der Waals surface area contributed by atoms with E-state index in [2.05, 4.69) is 31.7 Å². The first kappa shape index (κ1) is 21.5. The molecule has 0 heterocycles. The lowest BCUT2D eigenvalue weighted by atomic mass is 10.1. The zero-order valence-electron chi connectivity index (χ0n) is 17.3. The quantitative estimate of drug-likeness (QED) is 0.225. The number of hydrogen-bond donors (Lipinski definition) is 7. The van der Waals surface area contributed by atoms with Gasteiger partial charge in [-0.15, -0.1) is 0 Å². The van der Waals surface area contributed by atoms with Crippen LogP contribution in [0.1, 0.15) is 37.0 Å². The minimum Gasteiger partial charge on any atom is -0.369 e. The van der Waals surface area contributed by atoms with E-state index < -0.39 is 0 Å². The number of fused-ring (bicyclic) bond motifs is 1. The smallest absolute Gasteiger partial charge is 0.323 e. The Balaban J connectivity index is 1.60. The summed E-state index contributed by atoms with van der Waals surface area (Å²) in [6.07, 6.45) is 1.63. The van der Waals surface area contributed by atoms with Gasteiger partial charge >= 0.3 is 6.03 Å². The molecule has 0 saturated carbocycles. The van der Waals surface area contributed by atoms with Crippen molar-refractivity contribution in [1.29, 1.82) is 10.8 Å². The molecule has 1 aliphatic carbocycles. The molecule has 0 radical (unpaired) electrons. The lowest BCUT2D eigenvalue weighted by Gasteiger charge is -2.10. The van der Waals surface area contributed by atoms with E-state index in [4.69, 9.17) is 16.6 Å². The maximum Gasteiger partial charge on any atom is 0.323 e. The molecule has 10 nitrogen and oxygen atoms in total. The fourth-order valence-corrected chi connectivity index (χ4v) is 3.11. The van der Waals surface area contributed by atoms with E-state index in [1.165, 1.54) is 0 Å². The van der Waals surface area contributed by atoms with Crippen molar-refractivity contribution in [2.24, 2.45) is 15.9 Å². The molecule has 0 unspecified atom stereocenters. The highest BCUT2D eigenvalue weighted by Gasteiger charge is 2.18. The number of carbonyl (C=O) groups excluding carboxylic acids is 1. The maximum atomic E-state index is 12.4. The predicted molar refractivity (Wildman–Crippen MR) is 124 cm³/mol. The number of urea groups is 1. The van der Waals surface area contributed by atoms with E-state index in [9.17, 15) is 4.79 Å². The van der Waals surface area contributed by atoms with Gasteiger partial charge in [0.05, 0.1) is 11.4 Å². The predicted octanol–water partition coefficient (Wildman–Crippen LogP) is 2.77. The fraction of sp³-hybridized carbons (Fsp3) is 0.190. The van der Waals surface area contributed by atoms with Gasteiger partial charge in [-0.05, 0) is 62.1 Å². The molecule has 31 heavy (non-hydrogen) atoms. The van der Waals surface area contributed by atoms with Crippen LogP contribution in [0.2, 0.25) is 0 Å². The fourth-order valence-electron chi connectivity index (χ4n) is 3.11. The summed E-state index contributed by atoms with van der Waals surface area (Å²) in [6.45, 7) is 3.43. The number of hydrazone groups is 2. The van der Waals surface area contributed by atoms with Crippen LogP contribution in [0.5, 0.6) is 0 Å². The molecule has 8 N–H and O–H groups in total. The highest BCUT2D eigenvalue weighted by molar-refractivity contribution is 6.06. The van der Waals surface area contributed by atoms with E-state index in [1.54, 1.807) is 26.0 Å². The van der Waals surface area contributed by atoms with Crippen LogP contribution in [-0.2, 0) is 6.42 Å². The van der Waals surface area contributed by atoms with Gasteiger partial charge in [0.1, 0.15) is 5.84 Å². The average Bonchev–Trinajstić information content (AvgIpc) is 3.13. The van der Waals surface area contributed by atoms with Gasteiger partial charge in [0.2, 0.25) is 5.96 Å². The number of amidine groups is 1. The summed E-state index contributed by atoms with van der Waals surface area (Å²) in [7, 11) is 0. The summed E-state index contributed by atoms with van der Waals surface area (Å²) in [5, 5.41) is 28.4. The number of guanidine groups is 1.